The van der Waals surface area contributed by atoms with Crippen molar-refractivity contribution < 1.29 is 40.7 Å². The summed E-state index contributed by atoms with van der Waals surface area (Å²) in [5, 5.41) is 4.47. The molecule has 232 valence electrons. The Morgan fingerprint density at radius 2 is 1.70 bits per heavy atom. The molecule has 11 nitrogen and oxygen atoms in total. The van der Waals surface area contributed by atoms with Crippen LogP contribution < -0.4 is 4.31 Å². The number of sulfonamides is 1. The van der Waals surface area contributed by atoms with Crippen molar-refractivity contribution in [2.75, 3.05) is 31.2 Å². The zero-order valence-corrected chi connectivity index (χ0v) is 24.7. The fourth-order valence-corrected chi connectivity index (χ4v) is 5.58. The maximum atomic E-state index is 16.4. The smallest absolute Gasteiger partial charge is 0.411 e. The molecule has 0 aliphatic carbocycles. The van der Waals surface area contributed by atoms with Crippen LogP contribution in [0, 0.1) is 17.5 Å². The lowest BCUT2D eigenvalue weighted by atomic mass is 10.0. The minimum atomic E-state index is -5.09. The van der Waals surface area contributed by atoms with Gasteiger partial charge in [-0.25, -0.2) is 30.7 Å². The number of carbonyl (C=O) groups is 2. The number of anilines is 1. The molecule has 44 heavy (non-hydrogen) atoms. The fraction of sp³-hybridized carbons (Fsp3) is 0.241. The van der Waals surface area contributed by atoms with E-state index in [1.165, 1.54) is 19.2 Å². The largest absolute Gasteiger partial charge is 0.465 e. The fourth-order valence-electron chi connectivity index (χ4n) is 4.17. The number of ether oxygens (including phenoxy) is 2. The molecule has 0 saturated heterocycles. The van der Waals surface area contributed by atoms with E-state index in [1.54, 1.807) is 42.3 Å². The van der Waals surface area contributed by atoms with E-state index in [0.717, 1.165) is 17.0 Å². The molecule has 2 aromatic heterocycles. The molecular weight excluding hydrogens is 603 g/mol. The number of esters is 1. The molecule has 1 amide bonds. The zero-order chi connectivity index (χ0) is 32.0. The van der Waals surface area contributed by atoms with Crippen molar-refractivity contribution in [3.05, 3.63) is 84.6 Å². The van der Waals surface area contributed by atoms with Crippen LogP contribution in [0.5, 0.6) is 0 Å². The van der Waals surface area contributed by atoms with Crippen LogP contribution in [0.2, 0.25) is 0 Å². The number of likely N-dealkylation sites (N-methyl/N-ethyl adjacent to an activating group) is 1. The van der Waals surface area contributed by atoms with Gasteiger partial charge in [-0.3, -0.25) is 14.5 Å². The predicted octanol–water partition coefficient (Wildman–Crippen LogP) is 4.83. The van der Waals surface area contributed by atoms with Crippen molar-refractivity contribution in [3.63, 3.8) is 0 Å². The zero-order valence-electron chi connectivity index (χ0n) is 23.9. The van der Waals surface area contributed by atoms with Crippen molar-refractivity contribution >= 4 is 27.8 Å². The van der Waals surface area contributed by atoms with Gasteiger partial charge in [-0.2, -0.15) is 5.10 Å². The Balaban J connectivity index is 1.81. The van der Waals surface area contributed by atoms with E-state index < -0.39 is 63.4 Å². The van der Waals surface area contributed by atoms with Crippen LogP contribution >= 0.6 is 0 Å². The molecule has 2 aromatic carbocycles. The van der Waals surface area contributed by atoms with Crippen LogP contribution in [0.4, 0.5) is 23.7 Å². The number of hydrogen-bond acceptors (Lipinski definition) is 8. The molecule has 0 atom stereocenters. The van der Waals surface area contributed by atoms with E-state index in [1.807, 2.05) is 6.92 Å². The molecule has 4 aromatic rings. The van der Waals surface area contributed by atoms with Crippen LogP contribution in [0.3, 0.4) is 0 Å². The molecule has 0 saturated carbocycles. The average Bonchev–Trinajstić information content (AvgIpc) is 3.44. The lowest BCUT2D eigenvalue weighted by Crippen LogP contribution is -2.39. The summed E-state index contributed by atoms with van der Waals surface area (Å²) in [5.74, 6) is -4.24. The Morgan fingerprint density at radius 1 is 0.977 bits per heavy atom. The van der Waals surface area contributed by atoms with Crippen molar-refractivity contribution in [1.29, 1.82) is 0 Å². The number of rotatable bonds is 11. The summed E-state index contributed by atoms with van der Waals surface area (Å²) < 4.78 is 84.5. The van der Waals surface area contributed by atoms with Crippen LogP contribution in [0.25, 0.3) is 22.4 Å². The topological polar surface area (TPSA) is 124 Å². The van der Waals surface area contributed by atoms with Crippen molar-refractivity contribution in [1.82, 2.24) is 19.7 Å². The van der Waals surface area contributed by atoms with Gasteiger partial charge in [0.25, 0.3) is 10.0 Å². The minimum Gasteiger partial charge on any atom is -0.465 e. The van der Waals surface area contributed by atoms with E-state index in [2.05, 4.69) is 10.1 Å². The van der Waals surface area contributed by atoms with E-state index in [9.17, 15) is 26.8 Å². The predicted molar refractivity (Wildman–Crippen MR) is 153 cm³/mol. The SMILES string of the molecule is CCOC(=O)CN(C)C(=O)OCN(c1cccc(-c2nn(CC)cc2-c2ccncc2)c1F)S(=O)(=O)c1cc(F)ccc1F. The maximum absolute atomic E-state index is 16.4. The molecule has 0 radical (unpaired) electrons. The maximum Gasteiger partial charge on any atom is 0.411 e. The average molecular weight is 632 g/mol. The van der Waals surface area contributed by atoms with Crippen LogP contribution in [-0.2, 0) is 30.8 Å². The summed E-state index contributed by atoms with van der Waals surface area (Å²) >= 11 is 0. The molecule has 0 aliphatic rings. The molecule has 0 bridgehead atoms. The third-order valence-corrected chi connectivity index (χ3v) is 8.08. The first-order chi connectivity index (χ1) is 21.0. The summed E-state index contributed by atoms with van der Waals surface area (Å²) in [6.07, 6.45) is 3.61. The third-order valence-electron chi connectivity index (χ3n) is 6.33. The first-order valence-corrected chi connectivity index (χ1v) is 14.7. The Hall–Kier alpha value is -4.92. The van der Waals surface area contributed by atoms with Crippen molar-refractivity contribution in [3.8, 4) is 22.4 Å². The molecule has 15 heteroatoms. The molecule has 0 N–H and O–H groups in total. The minimum absolute atomic E-state index is 0.0575. The molecule has 0 spiro atoms. The van der Waals surface area contributed by atoms with Crippen LogP contribution in [-0.4, -0.2) is 67.1 Å². The van der Waals surface area contributed by atoms with Gasteiger partial charge >= 0.3 is 12.1 Å². The lowest BCUT2D eigenvalue weighted by Gasteiger charge is -2.26. The Morgan fingerprint density at radius 3 is 2.39 bits per heavy atom. The summed E-state index contributed by atoms with van der Waals surface area (Å²) in [7, 11) is -3.90. The number of pyridine rings is 1. The molecule has 0 fully saturated rings. The van der Waals surface area contributed by atoms with Gasteiger partial charge in [0.1, 0.15) is 28.8 Å². The highest BCUT2D eigenvalue weighted by atomic mass is 32.2. The second-order valence-corrected chi connectivity index (χ2v) is 11.1. The number of aromatic nitrogens is 3. The van der Waals surface area contributed by atoms with Gasteiger partial charge in [-0.15, -0.1) is 0 Å². The van der Waals surface area contributed by atoms with Crippen LogP contribution in [0.15, 0.2) is 72.0 Å². The van der Waals surface area contributed by atoms with Crippen molar-refractivity contribution in [2.45, 2.75) is 25.3 Å². The van der Waals surface area contributed by atoms with Crippen LogP contribution in [0.1, 0.15) is 13.8 Å². The number of nitrogens with zero attached hydrogens (tertiary/aromatic N) is 5. The highest BCUT2D eigenvalue weighted by Crippen LogP contribution is 2.37. The highest BCUT2D eigenvalue weighted by Gasteiger charge is 2.33. The number of carbonyl (C=O) groups excluding carboxylic acids is 2. The summed E-state index contributed by atoms with van der Waals surface area (Å²) in [4.78, 5) is 28.1. The van der Waals surface area contributed by atoms with E-state index in [0.29, 0.717) is 34.1 Å². The monoisotopic (exact) mass is 631 g/mol. The third kappa shape index (κ3) is 6.83. The van der Waals surface area contributed by atoms with Gasteiger partial charge in [0.05, 0.1) is 12.3 Å². The van der Waals surface area contributed by atoms with Gasteiger partial charge < -0.3 is 14.4 Å². The van der Waals surface area contributed by atoms with E-state index in [-0.39, 0.29) is 17.9 Å². The van der Waals surface area contributed by atoms with Gasteiger partial charge in [0, 0.05) is 43.3 Å². The lowest BCUT2D eigenvalue weighted by molar-refractivity contribution is -0.143. The Bertz CT molecular complexity index is 1770. The quantitative estimate of drug-likeness (QED) is 0.170. The first-order valence-electron chi connectivity index (χ1n) is 13.3. The van der Waals surface area contributed by atoms with Crippen molar-refractivity contribution in [2.24, 2.45) is 0 Å². The Kier molecular flexibility index (Phi) is 9.88. The number of aryl methyl sites for hydroxylation is 1. The second-order valence-electron chi connectivity index (χ2n) is 9.25. The second kappa shape index (κ2) is 13.6. The van der Waals surface area contributed by atoms with E-state index in [4.69, 9.17) is 9.47 Å². The van der Waals surface area contributed by atoms with Gasteiger partial charge in [0.15, 0.2) is 12.5 Å². The highest BCUT2D eigenvalue weighted by molar-refractivity contribution is 7.92. The number of hydrogen-bond donors (Lipinski definition) is 0. The van der Waals surface area contributed by atoms with E-state index >= 15 is 4.39 Å². The standard InChI is InChI=1S/C29H28F3N5O6S/c1-4-36-16-22(19-11-13-33-14-12-19)28(34-36)21-7-6-8-24(27(21)32)37(18-43-29(39)35(3)17-26(38)42-5-2)44(40,41)25-15-20(30)9-10-23(25)31/h6-16H,4-5,17-18H2,1-3H3. The normalized spacial score (nSPS) is 11.2. The van der Waals surface area contributed by atoms with Gasteiger partial charge in [-0.05, 0) is 61.9 Å². The molecule has 0 unspecified atom stereocenters. The molecule has 0 aliphatic heterocycles. The van der Waals surface area contributed by atoms with Gasteiger partial charge in [0.2, 0.25) is 0 Å². The summed E-state index contributed by atoms with van der Waals surface area (Å²) in [5.41, 5.74) is 0.580. The van der Waals surface area contributed by atoms with Gasteiger partial charge in [-0.1, -0.05) is 6.07 Å². The number of halogens is 3. The Labute approximate surface area is 251 Å². The summed E-state index contributed by atoms with van der Waals surface area (Å²) in [6, 6.07) is 8.92. The molecule has 4 rings (SSSR count). The first kappa shape index (κ1) is 32.0. The molecule has 2 heterocycles. The molecular formula is C29H28F3N5O6S. The number of benzene rings is 2. The number of amides is 1. The summed E-state index contributed by atoms with van der Waals surface area (Å²) in [6.45, 7) is 2.20.